The minimum Gasteiger partial charge on any atom is -0.497 e. The van der Waals surface area contributed by atoms with Gasteiger partial charge in [-0.05, 0) is 24.3 Å². The second-order valence-electron chi connectivity index (χ2n) is 3.63. The van der Waals surface area contributed by atoms with Gasteiger partial charge in [0.05, 0.1) is 19.8 Å². The molecule has 2 N–H and O–H groups in total. The number of hydrogen-bond acceptors (Lipinski definition) is 4. The Morgan fingerprint density at radius 2 is 2.24 bits per heavy atom. The monoisotopic (exact) mass is 231 g/mol. The Labute approximate surface area is 99.0 Å². The molecule has 0 atom stereocenters. The number of ketones is 1. The van der Waals surface area contributed by atoms with Crippen LogP contribution >= 0.6 is 0 Å². The molecule has 0 aliphatic heterocycles. The molecule has 4 nitrogen and oxygen atoms in total. The average Bonchev–Trinajstić information content (AvgIpc) is 2.81. The predicted molar refractivity (Wildman–Crippen MR) is 64.1 cm³/mol. The van der Waals surface area contributed by atoms with Gasteiger partial charge in [-0.2, -0.15) is 0 Å². The summed E-state index contributed by atoms with van der Waals surface area (Å²) in [6.07, 6.45) is 1.75. The fraction of sp³-hybridized carbons (Fsp3) is 0.154. The van der Waals surface area contributed by atoms with Gasteiger partial charge in [-0.15, -0.1) is 0 Å². The lowest BCUT2D eigenvalue weighted by molar-refractivity contribution is 0.0988. The number of ether oxygens (including phenoxy) is 1. The summed E-state index contributed by atoms with van der Waals surface area (Å²) in [7, 11) is 1.55. The van der Waals surface area contributed by atoms with Crippen molar-refractivity contribution in [3.05, 3.63) is 47.9 Å². The van der Waals surface area contributed by atoms with Crippen molar-refractivity contribution in [1.29, 1.82) is 0 Å². The van der Waals surface area contributed by atoms with Crippen LogP contribution in [0.5, 0.6) is 5.75 Å². The molecule has 0 spiro atoms. The molecule has 2 rings (SSSR count). The molecule has 1 heterocycles. The van der Waals surface area contributed by atoms with Crippen LogP contribution in [0.3, 0.4) is 0 Å². The molecule has 0 aliphatic rings. The molecule has 0 saturated heterocycles. The van der Waals surface area contributed by atoms with Crippen LogP contribution in [0.15, 0.2) is 41.0 Å². The molecular formula is C13H13NO3. The molecule has 1 aromatic heterocycles. The van der Waals surface area contributed by atoms with Crippen LogP contribution < -0.4 is 10.5 Å². The number of hydrogen-bond donors (Lipinski definition) is 1. The van der Waals surface area contributed by atoms with E-state index in [9.17, 15) is 4.79 Å². The highest BCUT2D eigenvalue weighted by molar-refractivity contribution is 6.01. The number of nitrogen functional groups attached to an aromatic ring is 1. The topological polar surface area (TPSA) is 65.5 Å². The van der Waals surface area contributed by atoms with Gasteiger partial charge in [0.1, 0.15) is 11.5 Å². The minimum absolute atomic E-state index is 0.0693. The highest BCUT2D eigenvalue weighted by Crippen LogP contribution is 2.21. The molecule has 0 fully saturated rings. The van der Waals surface area contributed by atoms with Crippen LogP contribution in [0.25, 0.3) is 0 Å². The van der Waals surface area contributed by atoms with Crippen molar-refractivity contribution in [3.63, 3.8) is 0 Å². The standard InChI is InChI=1S/C13H13NO3/c1-16-9-4-5-11(12(14)7-9)13(15)8-10-3-2-6-17-10/h2-7H,8,14H2,1H3. The Morgan fingerprint density at radius 3 is 2.82 bits per heavy atom. The molecule has 0 bridgehead atoms. The van der Waals surface area contributed by atoms with Crippen LogP contribution in [0.1, 0.15) is 16.1 Å². The number of rotatable bonds is 4. The molecule has 2 aromatic rings. The van der Waals surface area contributed by atoms with Gasteiger partial charge >= 0.3 is 0 Å². The zero-order valence-electron chi connectivity index (χ0n) is 9.47. The van der Waals surface area contributed by atoms with E-state index in [0.717, 1.165) is 0 Å². The van der Waals surface area contributed by atoms with Crippen molar-refractivity contribution in [3.8, 4) is 5.75 Å². The maximum Gasteiger partial charge on any atom is 0.172 e. The highest BCUT2D eigenvalue weighted by atomic mass is 16.5. The van der Waals surface area contributed by atoms with Gasteiger partial charge in [0.15, 0.2) is 5.78 Å². The summed E-state index contributed by atoms with van der Waals surface area (Å²) in [5.74, 6) is 1.20. The van der Waals surface area contributed by atoms with Gasteiger partial charge in [0.2, 0.25) is 0 Å². The number of anilines is 1. The SMILES string of the molecule is COc1ccc(C(=O)Cc2ccco2)c(N)c1. The maximum absolute atomic E-state index is 12.0. The zero-order valence-corrected chi connectivity index (χ0v) is 9.47. The molecule has 88 valence electrons. The van der Waals surface area contributed by atoms with Crippen LogP contribution in [0, 0.1) is 0 Å². The van der Waals surface area contributed by atoms with E-state index in [0.29, 0.717) is 22.8 Å². The van der Waals surface area contributed by atoms with E-state index >= 15 is 0 Å². The quantitative estimate of drug-likeness (QED) is 0.647. The fourth-order valence-corrected chi connectivity index (χ4v) is 1.59. The van der Waals surface area contributed by atoms with Gasteiger partial charge in [0, 0.05) is 17.3 Å². The first-order valence-corrected chi connectivity index (χ1v) is 5.20. The van der Waals surface area contributed by atoms with E-state index in [-0.39, 0.29) is 12.2 Å². The van der Waals surface area contributed by atoms with Crippen molar-refractivity contribution < 1.29 is 13.9 Å². The van der Waals surface area contributed by atoms with E-state index in [2.05, 4.69) is 0 Å². The third kappa shape index (κ3) is 2.47. The summed E-state index contributed by atoms with van der Waals surface area (Å²) in [4.78, 5) is 12.0. The summed E-state index contributed by atoms with van der Waals surface area (Å²) in [5.41, 5.74) is 6.70. The molecule has 0 saturated carbocycles. The molecule has 17 heavy (non-hydrogen) atoms. The van der Waals surface area contributed by atoms with Gasteiger partial charge in [0.25, 0.3) is 0 Å². The lowest BCUT2D eigenvalue weighted by atomic mass is 10.0. The van der Waals surface area contributed by atoms with Crippen molar-refractivity contribution in [2.75, 3.05) is 12.8 Å². The van der Waals surface area contributed by atoms with Crippen molar-refractivity contribution in [1.82, 2.24) is 0 Å². The van der Waals surface area contributed by atoms with Crippen molar-refractivity contribution >= 4 is 11.5 Å². The summed E-state index contributed by atoms with van der Waals surface area (Å²) in [5, 5.41) is 0. The maximum atomic E-state index is 12.0. The van der Waals surface area contributed by atoms with Crippen molar-refractivity contribution in [2.24, 2.45) is 0 Å². The second kappa shape index (κ2) is 4.74. The van der Waals surface area contributed by atoms with Crippen LogP contribution in [0.4, 0.5) is 5.69 Å². The zero-order chi connectivity index (χ0) is 12.3. The Morgan fingerprint density at radius 1 is 1.41 bits per heavy atom. The third-order valence-corrected chi connectivity index (χ3v) is 2.47. The lowest BCUT2D eigenvalue weighted by Gasteiger charge is -2.06. The molecule has 0 unspecified atom stereocenters. The van der Waals surface area contributed by atoms with Gasteiger partial charge in [-0.1, -0.05) is 0 Å². The molecule has 0 aliphatic carbocycles. The number of Topliss-reactive ketones (excluding diaryl/α,β-unsaturated/α-hetero) is 1. The summed E-state index contributed by atoms with van der Waals surface area (Å²) < 4.78 is 10.1. The molecule has 0 radical (unpaired) electrons. The van der Waals surface area contributed by atoms with Gasteiger partial charge < -0.3 is 14.9 Å². The number of methoxy groups -OCH3 is 1. The number of carbonyl (C=O) groups excluding carboxylic acids is 1. The molecule has 1 aromatic carbocycles. The van der Waals surface area contributed by atoms with Crippen LogP contribution in [-0.4, -0.2) is 12.9 Å². The normalized spacial score (nSPS) is 10.2. The van der Waals surface area contributed by atoms with E-state index in [4.69, 9.17) is 14.9 Å². The first-order chi connectivity index (χ1) is 8.20. The number of nitrogens with two attached hydrogens (primary N) is 1. The predicted octanol–water partition coefficient (Wildman–Crippen LogP) is 2.30. The first kappa shape index (κ1) is 11.3. The number of benzene rings is 1. The van der Waals surface area contributed by atoms with E-state index < -0.39 is 0 Å². The summed E-state index contributed by atoms with van der Waals surface area (Å²) >= 11 is 0. The minimum atomic E-state index is -0.0693. The Hall–Kier alpha value is -2.23. The van der Waals surface area contributed by atoms with Gasteiger partial charge in [-0.25, -0.2) is 0 Å². The molecular weight excluding hydrogens is 218 g/mol. The Kier molecular flexibility index (Phi) is 3.14. The highest BCUT2D eigenvalue weighted by Gasteiger charge is 2.12. The van der Waals surface area contributed by atoms with Crippen molar-refractivity contribution in [2.45, 2.75) is 6.42 Å². The Bertz CT molecular complexity index is 517. The van der Waals surface area contributed by atoms with Crippen LogP contribution in [-0.2, 0) is 6.42 Å². The number of furan rings is 1. The molecule has 0 amide bonds. The third-order valence-electron chi connectivity index (χ3n) is 2.47. The second-order valence-corrected chi connectivity index (χ2v) is 3.63. The average molecular weight is 231 g/mol. The van der Waals surface area contributed by atoms with E-state index in [1.54, 1.807) is 43.7 Å². The Balaban J connectivity index is 2.19. The van der Waals surface area contributed by atoms with Gasteiger partial charge in [-0.3, -0.25) is 4.79 Å². The largest absolute Gasteiger partial charge is 0.497 e. The molecule has 4 heteroatoms. The fourth-order valence-electron chi connectivity index (χ4n) is 1.59. The smallest absolute Gasteiger partial charge is 0.172 e. The first-order valence-electron chi connectivity index (χ1n) is 5.20. The lowest BCUT2D eigenvalue weighted by Crippen LogP contribution is -2.06. The van der Waals surface area contributed by atoms with Crippen LogP contribution in [0.2, 0.25) is 0 Å². The van der Waals surface area contributed by atoms with E-state index in [1.807, 2.05) is 0 Å². The van der Waals surface area contributed by atoms with E-state index in [1.165, 1.54) is 0 Å². The summed E-state index contributed by atoms with van der Waals surface area (Å²) in [6.45, 7) is 0. The summed E-state index contributed by atoms with van der Waals surface area (Å²) in [6, 6.07) is 8.53. The number of carbonyl (C=O) groups is 1.